The van der Waals surface area contributed by atoms with Crippen molar-refractivity contribution in [3.63, 3.8) is 0 Å². The third-order valence-corrected chi connectivity index (χ3v) is 6.59. The van der Waals surface area contributed by atoms with Crippen molar-refractivity contribution in [2.45, 2.75) is 30.7 Å². The second kappa shape index (κ2) is 8.45. The molecule has 0 saturated carbocycles. The highest BCUT2D eigenvalue weighted by molar-refractivity contribution is 6.12. The first kappa shape index (κ1) is 21.7. The predicted octanol–water partition coefficient (Wildman–Crippen LogP) is 5.13. The molecule has 178 valence electrons. The lowest BCUT2D eigenvalue weighted by atomic mass is 9.92. The molecule has 0 amide bonds. The van der Waals surface area contributed by atoms with Gasteiger partial charge in [0.05, 0.1) is 31.8 Å². The number of ketones is 1. The van der Waals surface area contributed by atoms with Crippen LogP contribution in [0.5, 0.6) is 17.2 Å². The third kappa shape index (κ3) is 3.55. The Morgan fingerprint density at radius 2 is 1.37 bits per heavy atom. The SMILES string of the molecule is COc1ccccc1[C@@H]1OC2(C[C@@H]3Oc4ccccc4C(=O)C3=CO2)O[C@H]1c1ccccc1OC. The number of carbonyl (C=O) groups excluding carboxylic acids is 1. The van der Waals surface area contributed by atoms with Gasteiger partial charge in [0, 0.05) is 11.1 Å². The average molecular weight is 472 g/mol. The topological polar surface area (TPSA) is 72.5 Å². The maximum atomic E-state index is 13.0. The number of carbonyl (C=O) groups is 1. The van der Waals surface area contributed by atoms with E-state index in [1.807, 2.05) is 60.7 Å². The first-order valence-corrected chi connectivity index (χ1v) is 11.4. The van der Waals surface area contributed by atoms with Gasteiger partial charge in [-0.2, -0.15) is 0 Å². The van der Waals surface area contributed by atoms with Gasteiger partial charge < -0.3 is 28.4 Å². The maximum Gasteiger partial charge on any atom is 0.331 e. The minimum atomic E-state index is -1.46. The van der Waals surface area contributed by atoms with Gasteiger partial charge in [0.1, 0.15) is 41.8 Å². The lowest BCUT2D eigenvalue weighted by molar-refractivity contribution is -0.334. The van der Waals surface area contributed by atoms with Crippen LogP contribution in [0.2, 0.25) is 0 Å². The minimum Gasteiger partial charge on any atom is -0.496 e. The fraction of sp³-hybridized carbons (Fsp3) is 0.250. The summed E-state index contributed by atoms with van der Waals surface area (Å²) in [6.45, 7) is 0. The highest BCUT2D eigenvalue weighted by Crippen LogP contribution is 2.54. The molecular formula is C28H24O7. The molecule has 1 saturated heterocycles. The Balaban J connectivity index is 1.40. The highest BCUT2D eigenvalue weighted by Gasteiger charge is 2.56. The number of fused-ring (bicyclic) bond motifs is 2. The summed E-state index contributed by atoms with van der Waals surface area (Å²) in [5.74, 6) is 0.299. The number of rotatable bonds is 4. The third-order valence-electron chi connectivity index (χ3n) is 6.59. The second-order valence-corrected chi connectivity index (χ2v) is 8.57. The lowest BCUT2D eigenvalue weighted by Crippen LogP contribution is -2.45. The molecule has 0 aliphatic carbocycles. The summed E-state index contributed by atoms with van der Waals surface area (Å²) in [7, 11) is 3.24. The van der Waals surface area contributed by atoms with E-state index in [1.165, 1.54) is 6.26 Å². The molecule has 3 aliphatic heterocycles. The van der Waals surface area contributed by atoms with Gasteiger partial charge >= 0.3 is 5.97 Å². The van der Waals surface area contributed by atoms with Crippen molar-refractivity contribution in [2.24, 2.45) is 0 Å². The second-order valence-electron chi connectivity index (χ2n) is 8.57. The van der Waals surface area contributed by atoms with Gasteiger partial charge in [-0.25, -0.2) is 0 Å². The Labute approximate surface area is 202 Å². The molecule has 3 aromatic rings. The Hall–Kier alpha value is -3.81. The van der Waals surface area contributed by atoms with Crippen molar-refractivity contribution in [3.8, 4) is 17.2 Å². The molecule has 0 bridgehead atoms. The predicted molar refractivity (Wildman–Crippen MR) is 125 cm³/mol. The van der Waals surface area contributed by atoms with Crippen molar-refractivity contribution >= 4 is 5.78 Å². The zero-order valence-electron chi connectivity index (χ0n) is 19.3. The van der Waals surface area contributed by atoms with E-state index >= 15 is 0 Å². The average Bonchev–Trinajstić information content (AvgIpc) is 3.26. The molecule has 3 heterocycles. The summed E-state index contributed by atoms with van der Waals surface area (Å²) in [6, 6.07) is 22.5. The van der Waals surface area contributed by atoms with Crippen LogP contribution >= 0.6 is 0 Å². The van der Waals surface area contributed by atoms with Crippen LogP contribution in [0, 0.1) is 0 Å². The summed E-state index contributed by atoms with van der Waals surface area (Å²) in [5.41, 5.74) is 2.58. The van der Waals surface area contributed by atoms with Gasteiger partial charge in [0.15, 0.2) is 5.78 Å². The molecule has 0 unspecified atom stereocenters. The first-order valence-electron chi connectivity index (χ1n) is 11.4. The number of Topliss-reactive ketones (excluding diaryl/α,β-unsaturated/α-hetero) is 1. The van der Waals surface area contributed by atoms with Crippen LogP contribution in [0.4, 0.5) is 0 Å². The molecule has 3 aliphatic rings. The van der Waals surface area contributed by atoms with Gasteiger partial charge in [-0.1, -0.05) is 48.5 Å². The first-order chi connectivity index (χ1) is 17.1. The van der Waals surface area contributed by atoms with E-state index < -0.39 is 24.3 Å². The van der Waals surface area contributed by atoms with Crippen LogP contribution in [0.15, 0.2) is 84.6 Å². The van der Waals surface area contributed by atoms with Gasteiger partial charge in [0.25, 0.3) is 0 Å². The maximum absolute atomic E-state index is 13.0. The van der Waals surface area contributed by atoms with Gasteiger partial charge in [-0.05, 0) is 24.3 Å². The van der Waals surface area contributed by atoms with Crippen molar-refractivity contribution in [2.75, 3.05) is 14.2 Å². The quantitative estimate of drug-likeness (QED) is 0.521. The van der Waals surface area contributed by atoms with Crippen LogP contribution < -0.4 is 14.2 Å². The Kier molecular flexibility index (Phi) is 5.24. The molecular weight excluding hydrogens is 448 g/mol. The smallest absolute Gasteiger partial charge is 0.331 e. The number of hydrogen-bond donors (Lipinski definition) is 0. The highest BCUT2D eigenvalue weighted by atomic mass is 16.9. The molecule has 6 rings (SSSR count). The van der Waals surface area contributed by atoms with Crippen molar-refractivity contribution in [1.82, 2.24) is 0 Å². The molecule has 35 heavy (non-hydrogen) atoms. The van der Waals surface area contributed by atoms with Crippen molar-refractivity contribution in [1.29, 1.82) is 0 Å². The Morgan fingerprint density at radius 1 is 0.800 bits per heavy atom. The van der Waals surface area contributed by atoms with Crippen LogP contribution in [-0.2, 0) is 14.2 Å². The number of methoxy groups -OCH3 is 2. The minimum absolute atomic E-state index is 0.118. The number of hydrogen-bond acceptors (Lipinski definition) is 7. The van der Waals surface area contributed by atoms with E-state index in [9.17, 15) is 4.79 Å². The van der Waals surface area contributed by atoms with Crippen molar-refractivity contribution in [3.05, 3.63) is 101 Å². The Bertz CT molecular complexity index is 1260. The van der Waals surface area contributed by atoms with Gasteiger partial charge in [0.2, 0.25) is 0 Å². The largest absolute Gasteiger partial charge is 0.496 e. The van der Waals surface area contributed by atoms with Crippen LogP contribution in [0.3, 0.4) is 0 Å². The fourth-order valence-corrected chi connectivity index (χ4v) is 4.93. The molecule has 0 aromatic heterocycles. The fourth-order valence-electron chi connectivity index (χ4n) is 4.93. The van der Waals surface area contributed by atoms with E-state index in [0.717, 1.165) is 11.1 Å². The summed E-state index contributed by atoms with van der Waals surface area (Å²) >= 11 is 0. The molecule has 1 fully saturated rings. The molecule has 0 N–H and O–H groups in total. The van der Waals surface area contributed by atoms with Gasteiger partial charge in [-0.15, -0.1) is 0 Å². The summed E-state index contributed by atoms with van der Waals surface area (Å²) in [5, 5.41) is 0. The number of benzene rings is 3. The molecule has 0 radical (unpaired) electrons. The summed E-state index contributed by atoms with van der Waals surface area (Å²) < 4.78 is 36.6. The van der Waals surface area contributed by atoms with Gasteiger partial charge in [-0.3, -0.25) is 4.79 Å². The van der Waals surface area contributed by atoms with E-state index in [-0.39, 0.29) is 12.2 Å². The summed E-state index contributed by atoms with van der Waals surface area (Å²) in [4.78, 5) is 13.0. The van der Waals surface area contributed by atoms with Crippen LogP contribution in [0.25, 0.3) is 0 Å². The zero-order valence-corrected chi connectivity index (χ0v) is 19.3. The lowest BCUT2D eigenvalue weighted by Gasteiger charge is -2.37. The van der Waals surface area contributed by atoms with E-state index in [1.54, 1.807) is 26.4 Å². The Morgan fingerprint density at radius 3 is 2.00 bits per heavy atom. The molecule has 7 nitrogen and oxygen atoms in total. The number of para-hydroxylation sites is 3. The van der Waals surface area contributed by atoms with Crippen molar-refractivity contribution < 1.29 is 33.2 Å². The monoisotopic (exact) mass is 472 g/mol. The van der Waals surface area contributed by atoms with Crippen LogP contribution in [-0.4, -0.2) is 32.1 Å². The zero-order chi connectivity index (χ0) is 24.0. The standard InChI is InChI=1S/C28H24O7/c1-30-21-12-6-4-10-18(21)26-27(19-11-5-7-13-22(19)31-2)35-28(34-26)15-24-20(16-32-28)25(29)17-9-3-8-14-23(17)33-24/h3-14,16,24,26-27H,15H2,1-2H3/t24-,26-,27-/m0/s1. The molecule has 7 heteroatoms. The molecule has 1 spiro atoms. The van der Waals surface area contributed by atoms with E-state index in [4.69, 9.17) is 28.4 Å². The van der Waals surface area contributed by atoms with E-state index in [0.29, 0.717) is 28.4 Å². The normalized spacial score (nSPS) is 24.0. The molecule has 3 atom stereocenters. The molecule has 3 aromatic carbocycles. The number of ether oxygens (including phenoxy) is 6. The van der Waals surface area contributed by atoms with Crippen LogP contribution in [0.1, 0.15) is 40.1 Å². The summed E-state index contributed by atoms with van der Waals surface area (Å²) in [6.07, 6.45) is -0.110. The van der Waals surface area contributed by atoms with E-state index in [2.05, 4.69) is 0 Å².